The predicted molar refractivity (Wildman–Crippen MR) is 82.6 cm³/mol. The van der Waals surface area contributed by atoms with E-state index >= 15 is 0 Å². The van der Waals surface area contributed by atoms with E-state index in [9.17, 15) is 0 Å². The monoisotopic (exact) mass is 290 g/mol. The van der Waals surface area contributed by atoms with Crippen LogP contribution in [0.2, 0.25) is 5.02 Å². The van der Waals surface area contributed by atoms with Gasteiger partial charge in [-0.25, -0.2) is 4.98 Å². The van der Waals surface area contributed by atoms with Crippen molar-refractivity contribution in [3.8, 4) is 11.6 Å². The molecule has 0 saturated carbocycles. The van der Waals surface area contributed by atoms with E-state index in [2.05, 4.69) is 23.3 Å². The van der Waals surface area contributed by atoms with Gasteiger partial charge in [-0.3, -0.25) is 0 Å². The fourth-order valence-electron chi connectivity index (χ4n) is 2.02. The van der Waals surface area contributed by atoms with Crippen LogP contribution in [-0.4, -0.2) is 11.5 Å². The number of aromatic nitrogens is 1. The molecule has 0 spiro atoms. The van der Waals surface area contributed by atoms with Crippen LogP contribution in [-0.2, 0) is 6.54 Å². The van der Waals surface area contributed by atoms with Crippen LogP contribution in [0.3, 0.4) is 0 Å². The molecular weight excluding hydrogens is 272 g/mol. The van der Waals surface area contributed by atoms with Gasteiger partial charge in [0.05, 0.1) is 5.02 Å². The first kappa shape index (κ1) is 14.8. The Bertz CT molecular complexity index is 579. The van der Waals surface area contributed by atoms with Crippen LogP contribution >= 0.6 is 11.6 Å². The van der Waals surface area contributed by atoms with Crippen molar-refractivity contribution in [2.75, 3.05) is 6.54 Å². The highest BCUT2D eigenvalue weighted by molar-refractivity contribution is 6.31. The topological polar surface area (TPSA) is 34.1 Å². The molecule has 0 saturated heterocycles. The number of aryl methyl sites for hydroxylation is 2. The van der Waals surface area contributed by atoms with Gasteiger partial charge in [-0.2, -0.15) is 0 Å². The van der Waals surface area contributed by atoms with Gasteiger partial charge < -0.3 is 10.1 Å². The van der Waals surface area contributed by atoms with Crippen LogP contribution < -0.4 is 10.1 Å². The lowest BCUT2D eigenvalue weighted by Crippen LogP contribution is -2.12. The van der Waals surface area contributed by atoms with Crippen molar-refractivity contribution in [2.45, 2.75) is 27.3 Å². The van der Waals surface area contributed by atoms with E-state index in [-0.39, 0.29) is 0 Å². The van der Waals surface area contributed by atoms with Crippen molar-refractivity contribution < 1.29 is 4.74 Å². The maximum absolute atomic E-state index is 6.13. The Balaban J connectivity index is 2.20. The van der Waals surface area contributed by atoms with Crippen molar-refractivity contribution in [1.29, 1.82) is 0 Å². The lowest BCUT2D eigenvalue weighted by atomic mass is 10.1. The second kappa shape index (κ2) is 6.73. The lowest BCUT2D eigenvalue weighted by Gasteiger charge is -2.10. The Morgan fingerprint density at radius 3 is 2.50 bits per heavy atom. The first-order valence-electron chi connectivity index (χ1n) is 6.69. The van der Waals surface area contributed by atoms with E-state index in [1.165, 1.54) is 11.1 Å². The van der Waals surface area contributed by atoms with Crippen molar-refractivity contribution in [3.63, 3.8) is 0 Å². The third kappa shape index (κ3) is 3.95. The molecule has 1 aromatic carbocycles. The van der Waals surface area contributed by atoms with E-state index in [1.807, 2.05) is 32.0 Å². The number of hydrogen-bond acceptors (Lipinski definition) is 3. The van der Waals surface area contributed by atoms with Crippen LogP contribution in [0, 0.1) is 13.8 Å². The van der Waals surface area contributed by atoms with Gasteiger partial charge in [-0.05, 0) is 49.2 Å². The predicted octanol–water partition coefficient (Wildman–Crippen LogP) is 4.25. The summed E-state index contributed by atoms with van der Waals surface area (Å²) < 4.78 is 5.82. The fraction of sp³-hybridized carbons (Fsp3) is 0.312. The Hall–Kier alpha value is -1.58. The number of pyridine rings is 1. The molecule has 0 aliphatic carbocycles. The molecule has 0 fully saturated rings. The summed E-state index contributed by atoms with van der Waals surface area (Å²) in [5, 5.41) is 3.90. The van der Waals surface area contributed by atoms with E-state index in [4.69, 9.17) is 16.3 Å². The number of ether oxygens (including phenoxy) is 1. The molecule has 2 rings (SSSR count). The molecule has 0 radical (unpaired) electrons. The van der Waals surface area contributed by atoms with Crippen LogP contribution in [0.25, 0.3) is 0 Å². The Morgan fingerprint density at radius 1 is 1.15 bits per heavy atom. The Labute approximate surface area is 124 Å². The smallest absolute Gasteiger partial charge is 0.219 e. The molecule has 1 N–H and O–H groups in total. The standard InChI is InChI=1S/C16H19ClN2O/c1-4-18-9-13-8-16(19-10-15(13)17)20-14-6-11(2)5-12(3)7-14/h5-8,10,18H,4,9H2,1-3H3. The number of nitrogens with zero attached hydrogens (tertiary/aromatic N) is 1. The van der Waals surface area contributed by atoms with Crippen molar-refractivity contribution in [2.24, 2.45) is 0 Å². The average Bonchev–Trinajstić information content (AvgIpc) is 2.38. The minimum atomic E-state index is 0.562. The van der Waals surface area contributed by atoms with Crippen molar-refractivity contribution in [3.05, 3.63) is 52.2 Å². The number of hydrogen-bond donors (Lipinski definition) is 1. The maximum atomic E-state index is 6.13. The molecule has 0 aliphatic heterocycles. The van der Waals surface area contributed by atoms with Gasteiger partial charge in [0.25, 0.3) is 0 Å². The minimum Gasteiger partial charge on any atom is -0.439 e. The molecule has 3 nitrogen and oxygen atoms in total. The van der Waals surface area contributed by atoms with E-state index in [0.717, 1.165) is 17.9 Å². The molecule has 106 valence electrons. The van der Waals surface area contributed by atoms with Crippen LogP contribution in [0.4, 0.5) is 0 Å². The summed E-state index contributed by atoms with van der Waals surface area (Å²) in [4.78, 5) is 4.22. The number of nitrogens with one attached hydrogen (secondary N) is 1. The van der Waals surface area contributed by atoms with Gasteiger partial charge in [0, 0.05) is 18.8 Å². The summed E-state index contributed by atoms with van der Waals surface area (Å²) in [5.74, 6) is 1.36. The molecule has 0 aliphatic rings. The highest BCUT2D eigenvalue weighted by atomic mass is 35.5. The number of benzene rings is 1. The van der Waals surface area contributed by atoms with E-state index in [1.54, 1.807) is 6.20 Å². The third-order valence-corrected chi connectivity index (χ3v) is 3.23. The fourth-order valence-corrected chi connectivity index (χ4v) is 2.19. The average molecular weight is 291 g/mol. The highest BCUT2D eigenvalue weighted by Crippen LogP contribution is 2.25. The summed E-state index contributed by atoms with van der Waals surface area (Å²) in [7, 11) is 0. The van der Waals surface area contributed by atoms with Crippen molar-refractivity contribution in [1.82, 2.24) is 10.3 Å². The lowest BCUT2D eigenvalue weighted by molar-refractivity contribution is 0.461. The SMILES string of the molecule is CCNCc1cc(Oc2cc(C)cc(C)c2)ncc1Cl. The maximum Gasteiger partial charge on any atom is 0.219 e. The number of rotatable bonds is 5. The van der Waals surface area contributed by atoms with Crippen LogP contribution in [0.15, 0.2) is 30.5 Å². The third-order valence-electron chi connectivity index (χ3n) is 2.89. The molecular formula is C16H19ClN2O. The molecule has 0 atom stereocenters. The summed E-state index contributed by atoms with van der Waals surface area (Å²) in [5.41, 5.74) is 3.33. The normalized spacial score (nSPS) is 10.6. The molecule has 20 heavy (non-hydrogen) atoms. The Kier molecular flexibility index (Phi) is 4.99. The molecule has 0 amide bonds. The van der Waals surface area contributed by atoms with Gasteiger partial charge in [-0.15, -0.1) is 0 Å². The summed E-state index contributed by atoms with van der Waals surface area (Å²) in [6.45, 7) is 7.76. The van der Waals surface area contributed by atoms with E-state index < -0.39 is 0 Å². The summed E-state index contributed by atoms with van der Waals surface area (Å²) in [6, 6.07) is 7.97. The summed E-state index contributed by atoms with van der Waals surface area (Å²) >= 11 is 6.13. The zero-order valence-corrected chi connectivity index (χ0v) is 12.8. The zero-order chi connectivity index (χ0) is 14.5. The number of halogens is 1. The van der Waals surface area contributed by atoms with Gasteiger partial charge in [0.2, 0.25) is 5.88 Å². The Morgan fingerprint density at radius 2 is 1.85 bits per heavy atom. The minimum absolute atomic E-state index is 0.562. The van der Waals surface area contributed by atoms with Gasteiger partial charge >= 0.3 is 0 Å². The second-order valence-corrected chi connectivity index (χ2v) is 5.23. The van der Waals surface area contributed by atoms with Crippen LogP contribution in [0.1, 0.15) is 23.6 Å². The van der Waals surface area contributed by atoms with Gasteiger partial charge in [0.15, 0.2) is 0 Å². The van der Waals surface area contributed by atoms with Gasteiger partial charge in [0.1, 0.15) is 5.75 Å². The molecule has 1 heterocycles. The van der Waals surface area contributed by atoms with E-state index in [0.29, 0.717) is 17.4 Å². The molecule has 1 aromatic heterocycles. The quantitative estimate of drug-likeness (QED) is 0.894. The first-order chi connectivity index (χ1) is 9.58. The molecule has 0 unspecified atom stereocenters. The molecule has 0 bridgehead atoms. The summed E-state index contributed by atoms with van der Waals surface area (Å²) in [6.07, 6.45) is 1.63. The zero-order valence-electron chi connectivity index (χ0n) is 12.0. The molecule has 4 heteroatoms. The second-order valence-electron chi connectivity index (χ2n) is 4.82. The first-order valence-corrected chi connectivity index (χ1v) is 7.07. The van der Waals surface area contributed by atoms with Crippen molar-refractivity contribution >= 4 is 11.6 Å². The molecule has 2 aromatic rings. The highest BCUT2D eigenvalue weighted by Gasteiger charge is 2.06. The van der Waals surface area contributed by atoms with Crippen LogP contribution in [0.5, 0.6) is 11.6 Å². The largest absolute Gasteiger partial charge is 0.439 e. The van der Waals surface area contributed by atoms with Gasteiger partial charge in [-0.1, -0.05) is 24.6 Å².